The number of hydrogen-bond donors (Lipinski definition) is 1. The first kappa shape index (κ1) is 11.9. The van der Waals surface area contributed by atoms with Gasteiger partial charge in [-0.05, 0) is 40.3 Å². The Morgan fingerprint density at radius 1 is 1.43 bits per heavy atom. The minimum atomic E-state index is -2.26. The van der Waals surface area contributed by atoms with Gasteiger partial charge in [-0.15, -0.1) is 0 Å². The van der Waals surface area contributed by atoms with E-state index in [0.29, 0.717) is 6.04 Å². The molecule has 0 aliphatic carbocycles. The van der Waals surface area contributed by atoms with Crippen LogP contribution in [0.25, 0.3) is 0 Å². The van der Waals surface area contributed by atoms with E-state index in [0.717, 1.165) is 19.4 Å². The molecule has 0 aromatic carbocycles. The van der Waals surface area contributed by atoms with Crippen molar-refractivity contribution in [1.29, 1.82) is 0 Å². The van der Waals surface area contributed by atoms with Crippen LogP contribution in [0.15, 0.2) is 0 Å². The number of rotatable bonds is 3. The monoisotopic (exact) mass is 206 g/mol. The Morgan fingerprint density at radius 3 is 2.57 bits per heavy atom. The van der Waals surface area contributed by atoms with Gasteiger partial charge in [0, 0.05) is 12.1 Å². The van der Waals surface area contributed by atoms with Crippen LogP contribution in [0.5, 0.6) is 0 Å². The van der Waals surface area contributed by atoms with E-state index in [-0.39, 0.29) is 6.04 Å². The Balaban J connectivity index is 2.33. The maximum atomic E-state index is 12.3. The molecule has 14 heavy (non-hydrogen) atoms. The fourth-order valence-corrected chi connectivity index (χ4v) is 1.89. The second kappa shape index (κ2) is 5.03. The first-order valence-electron chi connectivity index (χ1n) is 5.25. The molecule has 0 spiro atoms. The molecule has 1 saturated heterocycles. The third-order valence-corrected chi connectivity index (χ3v) is 3.08. The molecule has 1 aliphatic rings. The van der Waals surface area contributed by atoms with Crippen molar-refractivity contribution in [3.05, 3.63) is 0 Å². The van der Waals surface area contributed by atoms with Crippen molar-refractivity contribution in [2.24, 2.45) is 0 Å². The first-order chi connectivity index (χ1) is 6.50. The quantitative estimate of drug-likeness (QED) is 0.756. The summed E-state index contributed by atoms with van der Waals surface area (Å²) in [4.78, 5) is 2.27. The minimum absolute atomic E-state index is 0.255. The lowest BCUT2D eigenvalue weighted by molar-refractivity contribution is 0.0853. The van der Waals surface area contributed by atoms with Crippen LogP contribution in [0.1, 0.15) is 26.7 Å². The lowest BCUT2D eigenvalue weighted by Crippen LogP contribution is -2.49. The predicted molar refractivity (Wildman–Crippen MR) is 53.7 cm³/mol. The summed E-state index contributed by atoms with van der Waals surface area (Å²) in [5.41, 5.74) is 0. The average Bonchev–Trinajstić information content (AvgIpc) is 2.11. The summed E-state index contributed by atoms with van der Waals surface area (Å²) in [7, 11) is 2.08. The van der Waals surface area contributed by atoms with Gasteiger partial charge in [-0.1, -0.05) is 0 Å². The van der Waals surface area contributed by atoms with Crippen LogP contribution in [0.3, 0.4) is 0 Å². The van der Waals surface area contributed by atoms with Crippen LogP contribution in [0, 0.1) is 0 Å². The molecule has 1 N–H and O–H groups in total. The average molecular weight is 206 g/mol. The van der Waals surface area contributed by atoms with Crippen LogP contribution in [0.4, 0.5) is 8.78 Å². The summed E-state index contributed by atoms with van der Waals surface area (Å²) >= 11 is 0. The number of hydrogen-bond acceptors (Lipinski definition) is 2. The van der Waals surface area contributed by atoms with E-state index in [4.69, 9.17) is 0 Å². The highest BCUT2D eigenvalue weighted by molar-refractivity contribution is 4.83. The topological polar surface area (TPSA) is 15.3 Å². The molecule has 0 radical (unpaired) electrons. The van der Waals surface area contributed by atoms with Gasteiger partial charge in [0.15, 0.2) is 0 Å². The molecule has 2 nitrogen and oxygen atoms in total. The molecule has 0 saturated carbocycles. The summed E-state index contributed by atoms with van der Waals surface area (Å²) < 4.78 is 24.6. The smallest absolute Gasteiger partial charge is 0.253 e. The van der Waals surface area contributed by atoms with E-state index < -0.39 is 12.5 Å². The number of halogens is 2. The number of likely N-dealkylation sites (tertiary alicyclic amines) is 1. The number of nitrogens with zero attached hydrogens (tertiary/aromatic N) is 1. The Morgan fingerprint density at radius 2 is 2.07 bits per heavy atom. The lowest BCUT2D eigenvalue weighted by atomic mass is 9.98. The largest absolute Gasteiger partial charge is 0.306 e. The van der Waals surface area contributed by atoms with Gasteiger partial charge in [0.2, 0.25) is 0 Å². The van der Waals surface area contributed by atoms with Crippen molar-refractivity contribution >= 4 is 0 Å². The van der Waals surface area contributed by atoms with E-state index in [2.05, 4.69) is 24.2 Å². The van der Waals surface area contributed by atoms with Gasteiger partial charge in [0.05, 0.1) is 6.04 Å². The van der Waals surface area contributed by atoms with E-state index in [1.165, 1.54) is 0 Å². The summed E-state index contributed by atoms with van der Waals surface area (Å²) in [6, 6.07) is 0.0620. The molecule has 0 aromatic heterocycles. The fraction of sp³-hybridized carbons (Fsp3) is 1.00. The highest BCUT2D eigenvalue weighted by atomic mass is 19.3. The van der Waals surface area contributed by atoms with E-state index in [1.807, 2.05) is 0 Å². The third-order valence-electron chi connectivity index (χ3n) is 3.08. The SMILES string of the molecule is CC(NC1CCN(C)C(C)C1)C(F)F. The molecule has 0 amide bonds. The molecule has 4 heteroatoms. The first-order valence-corrected chi connectivity index (χ1v) is 5.25. The van der Waals surface area contributed by atoms with Crippen molar-refractivity contribution < 1.29 is 8.78 Å². The molecule has 1 fully saturated rings. The second-order valence-electron chi connectivity index (χ2n) is 4.34. The number of piperidine rings is 1. The Hall–Kier alpha value is -0.220. The molecule has 3 atom stereocenters. The van der Waals surface area contributed by atoms with Crippen molar-refractivity contribution in [1.82, 2.24) is 10.2 Å². The summed E-state index contributed by atoms with van der Waals surface area (Å²) in [5, 5.41) is 2.99. The molecule has 0 aromatic rings. The van der Waals surface area contributed by atoms with Crippen LogP contribution in [0.2, 0.25) is 0 Å². The lowest BCUT2D eigenvalue weighted by Gasteiger charge is -2.36. The molecular formula is C10H20F2N2. The van der Waals surface area contributed by atoms with Crippen LogP contribution >= 0.6 is 0 Å². The summed E-state index contributed by atoms with van der Waals surface area (Å²) in [5.74, 6) is 0. The van der Waals surface area contributed by atoms with E-state index >= 15 is 0 Å². The van der Waals surface area contributed by atoms with Crippen LogP contribution in [-0.4, -0.2) is 43.0 Å². The van der Waals surface area contributed by atoms with Gasteiger partial charge < -0.3 is 10.2 Å². The molecule has 1 aliphatic heterocycles. The minimum Gasteiger partial charge on any atom is -0.306 e. The molecule has 3 unspecified atom stereocenters. The van der Waals surface area contributed by atoms with Gasteiger partial charge >= 0.3 is 0 Å². The predicted octanol–water partition coefficient (Wildman–Crippen LogP) is 1.71. The van der Waals surface area contributed by atoms with Crippen molar-refractivity contribution in [3.63, 3.8) is 0 Å². The molecule has 1 heterocycles. The van der Waals surface area contributed by atoms with Gasteiger partial charge in [-0.25, -0.2) is 8.78 Å². The van der Waals surface area contributed by atoms with Gasteiger partial charge in [-0.2, -0.15) is 0 Å². The maximum Gasteiger partial charge on any atom is 0.253 e. The highest BCUT2D eigenvalue weighted by Gasteiger charge is 2.25. The van der Waals surface area contributed by atoms with Crippen LogP contribution in [-0.2, 0) is 0 Å². The molecule has 0 bridgehead atoms. The number of nitrogens with one attached hydrogen (secondary N) is 1. The van der Waals surface area contributed by atoms with Crippen molar-refractivity contribution in [3.8, 4) is 0 Å². The Bertz CT molecular complexity index is 176. The Kier molecular flexibility index (Phi) is 4.26. The second-order valence-corrected chi connectivity index (χ2v) is 4.34. The molecule has 1 rings (SSSR count). The van der Waals surface area contributed by atoms with Gasteiger partial charge in [0.25, 0.3) is 6.43 Å². The Labute approximate surface area is 84.7 Å². The van der Waals surface area contributed by atoms with Gasteiger partial charge in [-0.3, -0.25) is 0 Å². The van der Waals surface area contributed by atoms with Crippen molar-refractivity contribution in [2.45, 2.75) is 51.2 Å². The van der Waals surface area contributed by atoms with E-state index in [9.17, 15) is 8.78 Å². The zero-order valence-corrected chi connectivity index (χ0v) is 9.13. The van der Waals surface area contributed by atoms with Crippen molar-refractivity contribution in [2.75, 3.05) is 13.6 Å². The highest BCUT2D eigenvalue weighted by Crippen LogP contribution is 2.16. The van der Waals surface area contributed by atoms with Gasteiger partial charge in [0.1, 0.15) is 0 Å². The summed E-state index contributed by atoms with van der Waals surface area (Å²) in [6.45, 7) is 4.68. The summed E-state index contributed by atoms with van der Waals surface area (Å²) in [6.07, 6.45) is -0.323. The standard InChI is InChI=1S/C10H20F2N2/c1-7-6-9(4-5-14(7)3)13-8(2)10(11)12/h7-10,13H,4-6H2,1-3H3. The van der Waals surface area contributed by atoms with E-state index in [1.54, 1.807) is 6.92 Å². The molecular weight excluding hydrogens is 186 g/mol. The van der Waals surface area contributed by atoms with Crippen LogP contribution < -0.4 is 5.32 Å². The third kappa shape index (κ3) is 3.17. The number of alkyl halides is 2. The normalized spacial score (nSPS) is 32.1. The fourth-order valence-electron chi connectivity index (χ4n) is 1.89. The zero-order valence-electron chi connectivity index (χ0n) is 9.13. The maximum absolute atomic E-state index is 12.3. The zero-order chi connectivity index (χ0) is 10.7. The molecule has 84 valence electrons.